The zero-order chi connectivity index (χ0) is 28.3. The Labute approximate surface area is 216 Å². The van der Waals surface area contributed by atoms with E-state index in [9.17, 15) is 43.9 Å². The summed E-state index contributed by atoms with van der Waals surface area (Å²) in [4.78, 5) is 23.0. The molecule has 1 saturated carbocycles. The van der Waals surface area contributed by atoms with Crippen molar-refractivity contribution in [1.29, 1.82) is 0 Å². The maximum absolute atomic E-state index is 14.5. The van der Waals surface area contributed by atoms with Gasteiger partial charge in [-0.25, -0.2) is 35.9 Å². The first kappa shape index (κ1) is 27.1. The fourth-order valence-corrected chi connectivity index (χ4v) is 6.42. The first-order valence-electron chi connectivity index (χ1n) is 11.4. The zero-order valence-electron chi connectivity index (χ0n) is 19.5. The molecule has 0 unspecified atom stereocenters. The molecule has 1 aliphatic heterocycles. The number of carbonyl (C=O) groups is 1. The Kier molecular flexibility index (Phi) is 6.49. The van der Waals surface area contributed by atoms with E-state index in [0.29, 0.717) is 4.31 Å². The Morgan fingerprint density at radius 1 is 1.03 bits per heavy atom. The van der Waals surface area contributed by atoms with Crippen LogP contribution in [0.1, 0.15) is 17.8 Å². The van der Waals surface area contributed by atoms with Crippen LogP contribution in [0, 0.1) is 23.5 Å². The molecule has 15 heteroatoms. The van der Waals surface area contributed by atoms with Crippen molar-refractivity contribution in [3.8, 4) is 11.3 Å². The zero-order valence-corrected chi connectivity index (χ0v) is 20.4. The molecule has 0 spiro atoms. The van der Waals surface area contributed by atoms with Gasteiger partial charge in [0.2, 0.25) is 15.8 Å². The molecule has 3 aromatic rings. The SMILES string of the molecule is O=C(CCc1cc(-c2cnc(C(F)(F)F)nc2)ncc1F)[C@@H]1[C@@H]2[C@H](CN1S(=O)(=O)c1ccc(F)cc1)C2(F)F. The maximum atomic E-state index is 14.5. The van der Waals surface area contributed by atoms with Crippen LogP contribution in [0.4, 0.5) is 30.7 Å². The maximum Gasteiger partial charge on any atom is 0.451 e. The van der Waals surface area contributed by atoms with E-state index in [4.69, 9.17) is 0 Å². The van der Waals surface area contributed by atoms with Crippen molar-refractivity contribution in [2.24, 2.45) is 11.8 Å². The molecule has 39 heavy (non-hydrogen) atoms. The number of Topliss-reactive ketones (excluding diaryl/α,β-unsaturated/α-hetero) is 1. The van der Waals surface area contributed by atoms with Gasteiger partial charge in [-0.1, -0.05) is 0 Å². The lowest BCUT2D eigenvalue weighted by Crippen LogP contribution is -2.46. The Balaban J connectivity index is 1.36. The van der Waals surface area contributed by atoms with Gasteiger partial charge >= 0.3 is 6.18 Å². The van der Waals surface area contributed by atoms with E-state index >= 15 is 0 Å². The minimum Gasteiger partial charge on any atom is -0.298 e. The summed E-state index contributed by atoms with van der Waals surface area (Å²) in [5.74, 6) is -9.96. The van der Waals surface area contributed by atoms with E-state index in [1.54, 1.807) is 0 Å². The van der Waals surface area contributed by atoms with Crippen LogP contribution in [0.15, 0.2) is 53.8 Å². The van der Waals surface area contributed by atoms with Crippen molar-refractivity contribution in [1.82, 2.24) is 19.3 Å². The highest BCUT2D eigenvalue weighted by molar-refractivity contribution is 7.89. The summed E-state index contributed by atoms with van der Waals surface area (Å²) in [7, 11) is -4.42. The minimum absolute atomic E-state index is 0.00254. The molecular formula is C24H17F7N4O3S. The second kappa shape index (κ2) is 9.33. The van der Waals surface area contributed by atoms with Gasteiger partial charge in [0, 0.05) is 36.8 Å². The molecule has 0 radical (unpaired) electrons. The molecule has 5 rings (SSSR count). The van der Waals surface area contributed by atoms with Gasteiger partial charge in [0.25, 0.3) is 5.92 Å². The lowest BCUT2D eigenvalue weighted by Gasteiger charge is -2.27. The number of rotatable bonds is 7. The Hall–Kier alpha value is -3.46. The number of aryl methyl sites for hydroxylation is 1. The molecule has 1 aromatic carbocycles. The van der Waals surface area contributed by atoms with Crippen molar-refractivity contribution in [2.45, 2.75) is 35.9 Å². The minimum atomic E-state index is -4.77. The molecule has 1 aliphatic carbocycles. The fourth-order valence-electron chi connectivity index (χ4n) is 4.76. The highest BCUT2D eigenvalue weighted by Gasteiger charge is 2.78. The number of nitrogens with zero attached hydrogens (tertiary/aromatic N) is 4. The van der Waals surface area contributed by atoms with Crippen molar-refractivity contribution < 1.29 is 43.9 Å². The number of aromatic nitrogens is 3. The molecular weight excluding hydrogens is 557 g/mol. The molecule has 206 valence electrons. The van der Waals surface area contributed by atoms with E-state index in [1.165, 1.54) is 0 Å². The third-order valence-corrected chi connectivity index (χ3v) is 8.68. The lowest BCUT2D eigenvalue weighted by atomic mass is 10.00. The predicted octanol–water partition coefficient (Wildman–Crippen LogP) is 4.29. The number of benzene rings is 1. The molecule has 3 heterocycles. The van der Waals surface area contributed by atoms with Gasteiger partial charge in [0.15, 0.2) is 5.78 Å². The van der Waals surface area contributed by atoms with Crippen molar-refractivity contribution in [3.63, 3.8) is 0 Å². The van der Waals surface area contributed by atoms with Crippen molar-refractivity contribution in [2.75, 3.05) is 6.54 Å². The second-order valence-electron chi connectivity index (χ2n) is 9.20. The quantitative estimate of drug-likeness (QED) is 0.391. The third kappa shape index (κ3) is 4.88. The van der Waals surface area contributed by atoms with E-state index in [1.807, 2.05) is 0 Å². The number of piperidine rings is 1. The Morgan fingerprint density at radius 2 is 1.67 bits per heavy atom. The summed E-state index contributed by atoms with van der Waals surface area (Å²) in [5.41, 5.74) is -0.0653. The Bertz CT molecular complexity index is 1530. The number of hydrogen-bond acceptors (Lipinski definition) is 6. The highest BCUT2D eigenvalue weighted by Crippen LogP contribution is 2.63. The monoisotopic (exact) mass is 574 g/mol. The van der Waals surface area contributed by atoms with Gasteiger partial charge in [0.05, 0.1) is 28.7 Å². The molecule has 0 amide bonds. The lowest BCUT2D eigenvalue weighted by molar-refractivity contribution is -0.145. The van der Waals surface area contributed by atoms with E-state index in [2.05, 4.69) is 15.0 Å². The average Bonchev–Trinajstić information content (AvgIpc) is 3.21. The van der Waals surface area contributed by atoms with Gasteiger partial charge in [-0.3, -0.25) is 9.78 Å². The van der Waals surface area contributed by atoms with Crippen LogP contribution in [0.5, 0.6) is 0 Å². The first-order chi connectivity index (χ1) is 18.2. The fraction of sp³-hybridized carbons (Fsp3) is 0.333. The number of halogens is 7. The summed E-state index contributed by atoms with van der Waals surface area (Å²) in [6, 6.07) is 3.17. The van der Waals surface area contributed by atoms with Crippen LogP contribution < -0.4 is 0 Å². The summed E-state index contributed by atoms with van der Waals surface area (Å²) < 4.78 is 121. The summed E-state index contributed by atoms with van der Waals surface area (Å²) >= 11 is 0. The van der Waals surface area contributed by atoms with Crippen LogP contribution in [0.25, 0.3) is 11.3 Å². The number of hydrogen-bond donors (Lipinski definition) is 0. The molecule has 1 saturated heterocycles. The first-order valence-corrected chi connectivity index (χ1v) is 12.9. The topological polar surface area (TPSA) is 93.1 Å². The summed E-state index contributed by atoms with van der Waals surface area (Å²) in [6.07, 6.45) is -3.14. The predicted molar refractivity (Wildman–Crippen MR) is 120 cm³/mol. The number of carbonyl (C=O) groups excluding carboxylic acids is 1. The van der Waals surface area contributed by atoms with Crippen molar-refractivity contribution >= 4 is 15.8 Å². The Morgan fingerprint density at radius 3 is 2.28 bits per heavy atom. The second-order valence-corrected chi connectivity index (χ2v) is 11.1. The largest absolute Gasteiger partial charge is 0.451 e. The van der Waals surface area contributed by atoms with Crippen LogP contribution in [-0.2, 0) is 27.4 Å². The van der Waals surface area contributed by atoms with Crippen LogP contribution in [0.3, 0.4) is 0 Å². The van der Waals surface area contributed by atoms with Gasteiger partial charge in [-0.05, 0) is 42.3 Å². The van der Waals surface area contributed by atoms with Gasteiger partial charge in [0.1, 0.15) is 11.6 Å². The molecule has 3 atom stereocenters. The number of fused-ring (bicyclic) bond motifs is 1. The molecule has 0 N–H and O–H groups in total. The normalized spacial score (nSPS) is 22.5. The number of ketones is 1. The van der Waals surface area contributed by atoms with E-state index < -0.39 is 76.2 Å². The molecule has 2 fully saturated rings. The van der Waals surface area contributed by atoms with Crippen LogP contribution >= 0.6 is 0 Å². The molecule has 0 bridgehead atoms. The summed E-state index contributed by atoms with van der Waals surface area (Å²) in [6.45, 7) is -0.602. The highest BCUT2D eigenvalue weighted by atomic mass is 32.2. The van der Waals surface area contributed by atoms with Crippen LogP contribution in [-0.4, -0.2) is 52.0 Å². The molecule has 2 aliphatic rings. The van der Waals surface area contributed by atoms with Gasteiger partial charge in [-0.2, -0.15) is 17.5 Å². The standard InChI is InChI=1S/C24H17F7N4O3S/c25-14-2-4-15(5-3-14)39(37,38)35-11-16-20(23(16,27)28)21(35)19(36)6-1-12-7-18(32-10-17(12)26)13-8-33-22(34-9-13)24(29,30)31/h2-5,7-10,16,20-21H,1,6,11H2/t16-,20-,21+/m0/s1. The number of alkyl halides is 5. The van der Waals surface area contributed by atoms with Crippen molar-refractivity contribution in [3.05, 3.63) is 71.9 Å². The third-order valence-electron chi connectivity index (χ3n) is 6.82. The molecule has 2 aromatic heterocycles. The van der Waals surface area contributed by atoms with E-state index in [0.717, 1.165) is 48.9 Å². The smallest absolute Gasteiger partial charge is 0.298 e. The average molecular weight is 574 g/mol. The van der Waals surface area contributed by atoms with Gasteiger partial charge < -0.3 is 0 Å². The summed E-state index contributed by atoms with van der Waals surface area (Å²) in [5, 5.41) is 0. The number of pyridine rings is 1. The van der Waals surface area contributed by atoms with Crippen LogP contribution in [0.2, 0.25) is 0 Å². The number of sulfonamides is 1. The van der Waals surface area contributed by atoms with E-state index in [-0.39, 0.29) is 28.1 Å². The van der Waals surface area contributed by atoms with Gasteiger partial charge in [-0.15, -0.1) is 0 Å². The molecule has 7 nitrogen and oxygen atoms in total.